The van der Waals surface area contributed by atoms with Gasteiger partial charge in [-0.05, 0) is 49.8 Å². The molecule has 1 aliphatic carbocycles. The number of hydrogen-bond donors (Lipinski definition) is 2. The molecule has 2 aliphatic rings. The number of nitrogens with zero attached hydrogens (tertiary/aromatic N) is 1. The molecule has 0 spiro atoms. The number of urea groups is 1. The molecule has 0 radical (unpaired) electrons. The molecular weight excluding hydrogens is 256 g/mol. The molecular formula is C15H18N2O3. The van der Waals surface area contributed by atoms with E-state index >= 15 is 0 Å². The number of nitrogens with one attached hydrogen (secondary N) is 1. The molecule has 1 saturated carbocycles. The van der Waals surface area contributed by atoms with Crippen molar-refractivity contribution in [3.63, 3.8) is 0 Å². The summed E-state index contributed by atoms with van der Waals surface area (Å²) in [7, 11) is 0. The lowest BCUT2D eigenvalue weighted by Crippen LogP contribution is -2.40. The van der Waals surface area contributed by atoms with Crippen LogP contribution in [0.1, 0.15) is 35.2 Å². The lowest BCUT2D eigenvalue weighted by Gasteiger charge is -2.27. The topological polar surface area (TPSA) is 69.6 Å². The van der Waals surface area contributed by atoms with Crippen molar-refractivity contribution in [2.24, 2.45) is 5.92 Å². The lowest BCUT2D eigenvalue weighted by molar-refractivity contribution is 0.0696. The molecule has 2 fully saturated rings. The number of benzene rings is 1. The molecule has 1 aliphatic heterocycles. The zero-order chi connectivity index (χ0) is 14.3. The van der Waals surface area contributed by atoms with E-state index in [1.54, 1.807) is 19.1 Å². The first-order valence-electron chi connectivity index (χ1n) is 6.96. The highest BCUT2D eigenvalue weighted by Gasteiger charge is 2.40. The maximum atomic E-state index is 12.2. The predicted molar refractivity (Wildman–Crippen MR) is 75.0 cm³/mol. The monoisotopic (exact) mass is 274 g/mol. The number of rotatable bonds is 2. The fourth-order valence-corrected chi connectivity index (χ4v) is 3.30. The fourth-order valence-electron chi connectivity index (χ4n) is 3.30. The third-order valence-corrected chi connectivity index (χ3v) is 4.39. The van der Waals surface area contributed by atoms with Crippen LogP contribution in [0, 0.1) is 12.8 Å². The van der Waals surface area contributed by atoms with E-state index in [4.69, 9.17) is 5.11 Å². The average Bonchev–Trinajstić information content (AvgIpc) is 3.03. The van der Waals surface area contributed by atoms with E-state index in [1.165, 1.54) is 12.5 Å². The minimum absolute atomic E-state index is 0.114. The first-order chi connectivity index (χ1) is 9.54. The SMILES string of the molecule is Cc1ccc(NC(=O)N2CC3CCC2C3)cc1C(=O)O. The molecule has 1 aromatic rings. The highest BCUT2D eigenvalue weighted by molar-refractivity contribution is 5.94. The van der Waals surface area contributed by atoms with Gasteiger partial charge >= 0.3 is 12.0 Å². The van der Waals surface area contributed by atoms with Crippen LogP contribution in [0.5, 0.6) is 0 Å². The van der Waals surface area contributed by atoms with Gasteiger partial charge in [0.15, 0.2) is 0 Å². The van der Waals surface area contributed by atoms with Gasteiger partial charge in [-0.3, -0.25) is 0 Å². The highest BCUT2D eigenvalue weighted by atomic mass is 16.4. The quantitative estimate of drug-likeness (QED) is 0.871. The molecule has 3 rings (SSSR count). The van der Waals surface area contributed by atoms with Crippen LogP contribution < -0.4 is 5.32 Å². The van der Waals surface area contributed by atoms with Crippen LogP contribution in [0.4, 0.5) is 10.5 Å². The summed E-state index contributed by atoms with van der Waals surface area (Å²) in [6.45, 7) is 2.57. The molecule has 2 atom stereocenters. The standard InChI is InChI=1S/C15H18N2O3/c1-9-2-4-11(7-13(9)14(18)19)16-15(20)17-8-10-3-5-12(17)6-10/h2,4,7,10,12H,3,5-6,8H2,1H3,(H,16,20)(H,18,19). The van der Waals surface area contributed by atoms with Gasteiger partial charge in [-0.1, -0.05) is 6.07 Å². The number of amides is 2. The number of aromatic carboxylic acids is 1. The molecule has 2 N–H and O–H groups in total. The number of carbonyl (C=O) groups excluding carboxylic acids is 1. The number of fused-ring (bicyclic) bond motifs is 2. The fraction of sp³-hybridized carbons (Fsp3) is 0.467. The summed E-state index contributed by atoms with van der Waals surface area (Å²) in [6, 6.07) is 5.23. The lowest BCUT2D eigenvalue weighted by atomic mass is 10.1. The van der Waals surface area contributed by atoms with Gasteiger partial charge < -0.3 is 15.3 Å². The zero-order valence-electron chi connectivity index (χ0n) is 11.4. The van der Waals surface area contributed by atoms with Crippen LogP contribution in [-0.2, 0) is 0 Å². The Hall–Kier alpha value is -2.04. The largest absolute Gasteiger partial charge is 0.478 e. The van der Waals surface area contributed by atoms with Crippen LogP contribution in [-0.4, -0.2) is 34.6 Å². The number of hydrogen-bond acceptors (Lipinski definition) is 2. The van der Waals surface area contributed by atoms with Crippen molar-refractivity contribution in [3.05, 3.63) is 29.3 Å². The number of likely N-dealkylation sites (tertiary alicyclic amines) is 1. The van der Waals surface area contributed by atoms with Gasteiger partial charge in [0.1, 0.15) is 0 Å². The van der Waals surface area contributed by atoms with Crippen LogP contribution in [0.3, 0.4) is 0 Å². The van der Waals surface area contributed by atoms with Gasteiger partial charge in [0.2, 0.25) is 0 Å². The molecule has 0 aromatic heterocycles. The molecule has 1 saturated heterocycles. The van der Waals surface area contributed by atoms with E-state index in [0.717, 1.165) is 19.4 Å². The first kappa shape index (κ1) is 13.0. The smallest absolute Gasteiger partial charge is 0.336 e. The van der Waals surface area contributed by atoms with E-state index in [-0.39, 0.29) is 11.6 Å². The third-order valence-electron chi connectivity index (χ3n) is 4.39. The Morgan fingerprint density at radius 1 is 1.35 bits per heavy atom. The van der Waals surface area contributed by atoms with Gasteiger partial charge in [0.25, 0.3) is 0 Å². The number of aryl methyl sites for hydroxylation is 1. The highest BCUT2D eigenvalue weighted by Crippen LogP contribution is 2.37. The summed E-state index contributed by atoms with van der Waals surface area (Å²) in [5.41, 5.74) is 1.46. The average molecular weight is 274 g/mol. The van der Waals surface area contributed by atoms with Crippen molar-refractivity contribution in [2.75, 3.05) is 11.9 Å². The second-order valence-electron chi connectivity index (χ2n) is 5.75. The van der Waals surface area contributed by atoms with E-state index in [9.17, 15) is 9.59 Å². The number of piperidine rings is 1. The molecule has 20 heavy (non-hydrogen) atoms. The Bertz CT molecular complexity index is 570. The van der Waals surface area contributed by atoms with Gasteiger partial charge in [-0.2, -0.15) is 0 Å². The van der Waals surface area contributed by atoms with Crippen molar-refractivity contribution in [1.29, 1.82) is 0 Å². The van der Waals surface area contributed by atoms with Crippen LogP contribution >= 0.6 is 0 Å². The number of carboxylic acids is 1. The summed E-state index contributed by atoms with van der Waals surface area (Å²) in [4.78, 5) is 25.2. The normalized spacial score (nSPS) is 23.9. The Morgan fingerprint density at radius 2 is 2.15 bits per heavy atom. The van der Waals surface area contributed by atoms with E-state index in [1.807, 2.05) is 4.90 Å². The van der Waals surface area contributed by atoms with Gasteiger partial charge in [-0.25, -0.2) is 9.59 Å². The zero-order valence-corrected chi connectivity index (χ0v) is 11.4. The summed E-state index contributed by atoms with van der Waals surface area (Å²) in [5, 5.41) is 11.9. The number of anilines is 1. The van der Waals surface area contributed by atoms with Crippen LogP contribution in [0.15, 0.2) is 18.2 Å². The summed E-state index contributed by atoms with van der Waals surface area (Å²) < 4.78 is 0. The maximum Gasteiger partial charge on any atom is 0.336 e. The molecule has 1 heterocycles. The van der Waals surface area contributed by atoms with Gasteiger partial charge in [0.05, 0.1) is 5.56 Å². The second kappa shape index (κ2) is 4.81. The van der Waals surface area contributed by atoms with Gasteiger partial charge in [-0.15, -0.1) is 0 Å². The first-order valence-corrected chi connectivity index (χ1v) is 6.96. The van der Waals surface area contributed by atoms with Gasteiger partial charge in [0, 0.05) is 18.3 Å². The molecule has 2 bridgehead atoms. The number of carboxylic acid groups (broad SMARTS) is 1. The second-order valence-corrected chi connectivity index (χ2v) is 5.75. The maximum absolute atomic E-state index is 12.2. The predicted octanol–water partition coefficient (Wildman–Crippen LogP) is 2.71. The Balaban J connectivity index is 1.73. The minimum Gasteiger partial charge on any atom is -0.478 e. The summed E-state index contributed by atoms with van der Waals surface area (Å²) in [5.74, 6) is -0.322. The summed E-state index contributed by atoms with van der Waals surface area (Å²) >= 11 is 0. The van der Waals surface area contributed by atoms with E-state index in [2.05, 4.69) is 5.32 Å². The van der Waals surface area contributed by atoms with E-state index < -0.39 is 5.97 Å². The van der Waals surface area contributed by atoms with Crippen LogP contribution in [0.2, 0.25) is 0 Å². The third kappa shape index (κ3) is 2.24. The van der Waals surface area contributed by atoms with Crippen molar-refractivity contribution >= 4 is 17.7 Å². The molecule has 2 unspecified atom stereocenters. The van der Waals surface area contributed by atoms with Crippen LogP contribution in [0.25, 0.3) is 0 Å². The van der Waals surface area contributed by atoms with Crippen molar-refractivity contribution in [1.82, 2.24) is 4.90 Å². The molecule has 5 heteroatoms. The molecule has 2 amide bonds. The molecule has 5 nitrogen and oxygen atoms in total. The van der Waals surface area contributed by atoms with E-state index in [0.29, 0.717) is 23.2 Å². The Labute approximate surface area is 117 Å². The van der Waals surface area contributed by atoms with Crippen molar-refractivity contribution in [2.45, 2.75) is 32.2 Å². The Morgan fingerprint density at radius 3 is 2.75 bits per heavy atom. The van der Waals surface area contributed by atoms with Crippen molar-refractivity contribution in [3.8, 4) is 0 Å². The summed E-state index contributed by atoms with van der Waals surface area (Å²) in [6.07, 6.45) is 3.43. The minimum atomic E-state index is -0.973. The van der Waals surface area contributed by atoms with Crippen molar-refractivity contribution < 1.29 is 14.7 Å². The molecule has 106 valence electrons. The molecule has 1 aromatic carbocycles. The Kier molecular flexibility index (Phi) is 3.12. The number of carbonyl (C=O) groups is 2.